The number of nitrogens with zero attached hydrogens (tertiary/aromatic N) is 2. The number of rotatable bonds is 5. The van der Waals surface area contributed by atoms with Crippen molar-refractivity contribution in [2.45, 2.75) is 18.7 Å². The maximum Gasteiger partial charge on any atom is 0.321 e. The van der Waals surface area contributed by atoms with Crippen LogP contribution in [0.15, 0.2) is 28.8 Å². The van der Waals surface area contributed by atoms with Crippen molar-refractivity contribution in [2.75, 3.05) is 7.05 Å². The van der Waals surface area contributed by atoms with Gasteiger partial charge in [-0.15, -0.1) is 0 Å². The normalized spacial score (nSPS) is 13.8. The molecule has 1 heterocycles. The highest BCUT2D eigenvalue weighted by Gasteiger charge is 2.29. The fraction of sp³-hybridized carbons (Fsp3) is 0.333. The van der Waals surface area contributed by atoms with Crippen LogP contribution in [0.1, 0.15) is 12.6 Å². The molecule has 108 valence electrons. The highest BCUT2D eigenvalue weighted by molar-refractivity contribution is 7.88. The minimum atomic E-state index is -3.79. The first-order valence-electron chi connectivity index (χ1n) is 5.84. The van der Waals surface area contributed by atoms with Crippen molar-refractivity contribution in [3.63, 3.8) is 0 Å². The number of para-hydroxylation sites is 1. The van der Waals surface area contributed by atoms with Crippen LogP contribution in [0.4, 0.5) is 0 Å². The van der Waals surface area contributed by atoms with E-state index in [-0.39, 0.29) is 5.69 Å². The number of carboxylic acid groups (broad SMARTS) is 1. The molecular weight excluding hydrogens is 284 g/mol. The molecule has 0 fully saturated rings. The maximum absolute atomic E-state index is 12.2. The summed E-state index contributed by atoms with van der Waals surface area (Å²) < 4.78 is 30.2. The lowest BCUT2D eigenvalue weighted by molar-refractivity contribution is -0.140. The Morgan fingerprint density at radius 2 is 2.10 bits per heavy atom. The molecular formula is C12H14N2O5S. The topological polar surface area (TPSA) is 101 Å². The molecule has 2 rings (SSSR count). The molecule has 0 aliphatic carbocycles. The van der Waals surface area contributed by atoms with E-state index in [1.165, 1.54) is 14.0 Å². The van der Waals surface area contributed by atoms with Gasteiger partial charge in [0.2, 0.25) is 10.0 Å². The fourth-order valence-electron chi connectivity index (χ4n) is 1.71. The predicted octanol–water partition coefficient (Wildman–Crippen LogP) is 1.06. The number of aromatic nitrogens is 1. The zero-order valence-corrected chi connectivity index (χ0v) is 11.8. The summed E-state index contributed by atoms with van der Waals surface area (Å²) in [6.07, 6.45) is 0. The van der Waals surface area contributed by atoms with Gasteiger partial charge in [0, 0.05) is 12.4 Å². The summed E-state index contributed by atoms with van der Waals surface area (Å²) in [4.78, 5) is 10.9. The van der Waals surface area contributed by atoms with Gasteiger partial charge in [0.25, 0.3) is 0 Å². The third-order valence-electron chi connectivity index (χ3n) is 3.11. The second-order valence-corrected chi connectivity index (χ2v) is 6.44. The molecule has 0 aliphatic rings. The van der Waals surface area contributed by atoms with Crippen molar-refractivity contribution in [1.29, 1.82) is 0 Å². The molecule has 1 N–H and O–H groups in total. The molecule has 0 aliphatic heterocycles. The summed E-state index contributed by atoms with van der Waals surface area (Å²) in [5, 5.41) is 13.2. The van der Waals surface area contributed by atoms with Crippen LogP contribution < -0.4 is 0 Å². The lowest BCUT2D eigenvalue weighted by atomic mass is 10.2. The second kappa shape index (κ2) is 5.22. The number of hydrogen-bond acceptors (Lipinski definition) is 5. The van der Waals surface area contributed by atoms with Crippen LogP contribution in [0.3, 0.4) is 0 Å². The fourth-order valence-corrected chi connectivity index (χ4v) is 3.04. The van der Waals surface area contributed by atoms with E-state index in [9.17, 15) is 13.2 Å². The Balaban J connectivity index is 2.31. The van der Waals surface area contributed by atoms with E-state index in [2.05, 4.69) is 5.16 Å². The predicted molar refractivity (Wildman–Crippen MR) is 71.5 cm³/mol. The molecule has 0 bridgehead atoms. The van der Waals surface area contributed by atoms with E-state index in [1.54, 1.807) is 24.3 Å². The van der Waals surface area contributed by atoms with E-state index in [0.29, 0.717) is 11.0 Å². The van der Waals surface area contributed by atoms with Gasteiger partial charge >= 0.3 is 5.97 Å². The highest BCUT2D eigenvalue weighted by atomic mass is 32.2. The van der Waals surface area contributed by atoms with Crippen LogP contribution in [0.2, 0.25) is 0 Å². The first-order valence-corrected chi connectivity index (χ1v) is 7.45. The molecule has 1 aromatic heterocycles. The zero-order chi connectivity index (χ0) is 14.9. The standard InChI is InChI=1S/C12H14N2O5S/c1-8(12(15)16)14(2)20(17,18)7-10-9-5-3-4-6-11(9)19-13-10/h3-6,8H,7H2,1-2H3,(H,15,16). The molecule has 0 saturated heterocycles. The quantitative estimate of drug-likeness (QED) is 0.886. The number of carboxylic acids is 1. The van der Waals surface area contributed by atoms with Crippen molar-refractivity contribution in [1.82, 2.24) is 9.46 Å². The van der Waals surface area contributed by atoms with E-state index >= 15 is 0 Å². The summed E-state index contributed by atoms with van der Waals surface area (Å²) in [6.45, 7) is 1.31. The summed E-state index contributed by atoms with van der Waals surface area (Å²) in [7, 11) is -2.56. The maximum atomic E-state index is 12.2. The molecule has 0 amide bonds. The molecule has 7 nitrogen and oxygen atoms in total. The average Bonchev–Trinajstić information content (AvgIpc) is 2.80. The van der Waals surface area contributed by atoms with E-state index in [0.717, 1.165) is 4.31 Å². The largest absolute Gasteiger partial charge is 0.480 e. The number of benzene rings is 1. The van der Waals surface area contributed by atoms with Crippen molar-refractivity contribution < 1.29 is 22.8 Å². The summed E-state index contributed by atoms with van der Waals surface area (Å²) in [6, 6.07) is 5.75. The Morgan fingerprint density at radius 3 is 2.75 bits per heavy atom. The minimum Gasteiger partial charge on any atom is -0.480 e. The molecule has 1 atom stereocenters. The van der Waals surface area contributed by atoms with E-state index in [1.807, 2.05) is 0 Å². The monoisotopic (exact) mass is 298 g/mol. The third-order valence-corrected chi connectivity index (χ3v) is 4.94. The first kappa shape index (κ1) is 14.5. The molecule has 0 spiro atoms. The molecule has 2 aromatic rings. The number of hydrogen-bond donors (Lipinski definition) is 1. The molecule has 0 radical (unpaired) electrons. The Hall–Kier alpha value is -1.93. The van der Waals surface area contributed by atoms with Gasteiger partial charge in [0.1, 0.15) is 17.5 Å². The third kappa shape index (κ3) is 2.66. The first-order chi connectivity index (χ1) is 9.33. The van der Waals surface area contributed by atoms with Crippen LogP contribution in [-0.2, 0) is 20.6 Å². The Bertz CT molecular complexity index is 737. The Labute approximate surface area is 115 Å². The van der Waals surface area contributed by atoms with Gasteiger partial charge in [-0.3, -0.25) is 4.79 Å². The van der Waals surface area contributed by atoms with Crippen molar-refractivity contribution >= 4 is 27.0 Å². The summed E-state index contributed by atoms with van der Waals surface area (Å²) in [5.74, 6) is -1.61. The average molecular weight is 298 g/mol. The molecule has 20 heavy (non-hydrogen) atoms. The molecule has 0 saturated carbocycles. The number of carbonyl (C=O) groups is 1. The molecule has 8 heteroatoms. The van der Waals surface area contributed by atoms with Gasteiger partial charge < -0.3 is 9.63 Å². The number of likely N-dealkylation sites (N-methyl/N-ethyl adjacent to an activating group) is 1. The highest BCUT2D eigenvalue weighted by Crippen LogP contribution is 2.21. The number of sulfonamides is 1. The van der Waals surface area contributed by atoms with Gasteiger partial charge in [-0.2, -0.15) is 4.31 Å². The van der Waals surface area contributed by atoms with Gasteiger partial charge in [-0.05, 0) is 19.1 Å². The lowest BCUT2D eigenvalue weighted by Crippen LogP contribution is -2.40. The summed E-state index contributed by atoms with van der Waals surface area (Å²) in [5.41, 5.74) is 0.761. The zero-order valence-electron chi connectivity index (χ0n) is 11.0. The van der Waals surface area contributed by atoms with Gasteiger partial charge in [-0.25, -0.2) is 8.42 Å². The lowest BCUT2D eigenvalue weighted by Gasteiger charge is -2.20. The van der Waals surface area contributed by atoms with Gasteiger partial charge in [-0.1, -0.05) is 17.3 Å². The van der Waals surface area contributed by atoms with Crippen LogP contribution in [0, 0.1) is 0 Å². The van der Waals surface area contributed by atoms with Crippen LogP contribution in [0.25, 0.3) is 11.0 Å². The molecule has 1 unspecified atom stereocenters. The Kier molecular flexibility index (Phi) is 3.78. The van der Waals surface area contributed by atoms with Crippen LogP contribution in [-0.4, -0.2) is 42.0 Å². The SMILES string of the molecule is CC(C(=O)O)N(C)S(=O)(=O)Cc1noc2ccccc12. The van der Waals surface area contributed by atoms with Crippen LogP contribution in [0.5, 0.6) is 0 Å². The minimum absolute atomic E-state index is 0.269. The summed E-state index contributed by atoms with van der Waals surface area (Å²) >= 11 is 0. The van der Waals surface area contributed by atoms with Gasteiger partial charge in [0.05, 0.1) is 0 Å². The van der Waals surface area contributed by atoms with Crippen molar-refractivity contribution in [3.05, 3.63) is 30.0 Å². The van der Waals surface area contributed by atoms with Crippen molar-refractivity contribution in [2.24, 2.45) is 0 Å². The van der Waals surface area contributed by atoms with Crippen LogP contribution >= 0.6 is 0 Å². The van der Waals surface area contributed by atoms with E-state index < -0.39 is 27.8 Å². The molecule has 1 aromatic carbocycles. The second-order valence-electron chi connectivity index (χ2n) is 4.41. The smallest absolute Gasteiger partial charge is 0.321 e. The van der Waals surface area contributed by atoms with E-state index in [4.69, 9.17) is 9.63 Å². The number of fused-ring (bicyclic) bond motifs is 1. The van der Waals surface area contributed by atoms with Crippen molar-refractivity contribution in [3.8, 4) is 0 Å². The Morgan fingerprint density at radius 1 is 1.45 bits per heavy atom. The number of aliphatic carboxylic acids is 1. The van der Waals surface area contributed by atoms with Gasteiger partial charge in [0.15, 0.2) is 5.58 Å².